The summed E-state index contributed by atoms with van der Waals surface area (Å²) < 4.78 is 12.0. The maximum atomic E-state index is 6.03. The lowest BCUT2D eigenvalue weighted by atomic mass is 10.1. The van der Waals surface area contributed by atoms with E-state index in [2.05, 4.69) is 6.07 Å². The summed E-state index contributed by atoms with van der Waals surface area (Å²) in [5, 5.41) is 2.05. The maximum absolute atomic E-state index is 6.03. The summed E-state index contributed by atoms with van der Waals surface area (Å²) in [7, 11) is 0. The number of para-hydroxylation sites is 2. The van der Waals surface area contributed by atoms with E-state index in [-0.39, 0.29) is 0 Å². The van der Waals surface area contributed by atoms with Crippen LogP contribution in [-0.2, 0) is 0 Å². The molecular weight excluding hydrogens is 296 g/mol. The van der Waals surface area contributed by atoms with Gasteiger partial charge in [-0.15, -0.1) is 0 Å². The Hall–Kier alpha value is -3.26. The molecule has 0 fully saturated rings. The fourth-order valence-electron chi connectivity index (χ4n) is 2.54. The van der Waals surface area contributed by atoms with Crippen molar-refractivity contribution in [1.82, 2.24) is 0 Å². The molecule has 2 heteroatoms. The van der Waals surface area contributed by atoms with E-state index in [1.807, 2.05) is 91.0 Å². The quantitative estimate of drug-likeness (QED) is 0.445. The Balaban J connectivity index is 1.76. The molecule has 24 heavy (non-hydrogen) atoms. The van der Waals surface area contributed by atoms with E-state index >= 15 is 0 Å². The summed E-state index contributed by atoms with van der Waals surface area (Å²) in [6.07, 6.45) is 0. The van der Waals surface area contributed by atoms with Crippen molar-refractivity contribution in [2.75, 3.05) is 0 Å². The highest BCUT2D eigenvalue weighted by Gasteiger charge is 2.08. The molecule has 115 valence electrons. The number of fused-ring (bicyclic) bond motifs is 1. The minimum absolute atomic E-state index is 0.630. The maximum Gasteiger partial charge on any atom is 0.147 e. The van der Waals surface area contributed by atoms with Gasteiger partial charge in [0.05, 0.1) is 6.07 Å². The highest BCUT2D eigenvalue weighted by Crippen LogP contribution is 2.35. The van der Waals surface area contributed by atoms with Gasteiger partial charge in [-0.3, -0.25) is 0 Å². The van der Waals surface area contributed by atoms with E-state index in [1.165, 1.54) is 0 Å². The molecule has 0 spiro atoms. The lowest BCUT2D eigenvalue weighted by molar-refractivity contribution is 0.462. The fourth-order valence-corrected chi connectivity index (χ4v) is 2.54. The number of hydrogen-bond acceptors (Lipinski definition) is 2. The Labute approximate surface area is 140 Å². The molecule has 0 N–H and O–H groups in total. The monoisotopic (exact) mass is 311 g/mol. The van der Waals surface area contributed by atoms with E-state index in [0.717, 1.165) is 22.3 Å². The molecule has 0 aliphatic heterocycles. The van der Waals surface area contributed by atoms with Gasteiger partial charge in [0.15, 0.2) is 0 Å². The molecule has 0 aliphatic carbocycles. The minimum atomic E-state index is 0.630. The molecule has 0 bridgehead atoms. The highest BCUT2D eigenvalue weighted by atomic mass is 16.5. The van der Waals surface area contributed by atoms with Crippen molar-refractivity contribution in [2.45, 2.75) is 0 Å². The Morgan fingerprint density at radius 1 is 0.583 bits per heavy atom. The van der Waals surface area contributed by atoms with Crippen molar-refractivity contribution in [3.05, 3.63) is 97.1 Å². The first-order valence-corrected chi connectivity index (χ1v) is 7.79. The van der Waals surface area contributed by atoms with Gasteiger partial charge in [0.1, 0.15) is 23.0 Å². The van der Waals surface area contributed by atoms with Crippen LogP contribution in [0, 0.1) is 6.07 Å². The minimum Gasteiger partial charge on any atom is -0.457 e. The molecule has 0 heterocycles. The normalized spacial score (nSPS) is 10.5. The van der Waals surface area contributed by atoms with Crippen LogP contribution in [0.1, 0.15) is 0 Å². The van der Waals surface area contributed by atoms with Crippen molar-refractivity contribution >= 4 is 10.8 Å². The third-order valence-corrected chi connectivity index (χ3v) is 3.66. The van der Waals surface area contributed by atoms with E-state index in [1.54, 1.807) is 0 Å². The van der Waals surface area contributed by atoms with Gasteiger partial charge in [-0.1, -0.05) is 60.7 Å². The molecule has 4 aromatic rings. The van der Waals surface area contributed by atoms with Crippen LogP contribution in [0.5, 0.6) is 23.0 Å². The first kappa shape index (κ1) is 14.3. The molecule has 1 radical (unpaired) electrons. The van der Waals surface area contributed by atoms with Crippen molar-refractivity contribution in [3.8, 4) is 23.0 Å². The van der Waals surface area contributed by atoms with Gasteiger partial charge in [-0.25, -0.2) is 0 Å². The van der Waals surface area contributed by atoms with Crippen molar-refractivity contribution in [1.29, 1.82) is 0 Å². The molecule has 0 aromatic heterocycles. The molecule has 0 atom stereocenters. The van der Waals surface area contributed by atoms with Crippen molar-refractivity contribution in [3.63, 3.8) is 0 Å². The molecule has 4 rings (SSSR count). The summed E-state index contributed by atoms with van der Waals surface area (Å²) in [6.45, 7) is 0. The van der Waals surface area contributed by atoms with Crippen LogP contribution in [-0.4, -0.2) is 0 Å². The zero-order valence-corrected chi connectivity index (χ0v) is 13.0. The summed E-state index contributed by atoms with van der Waals surface area (Å²) >= 11 is 0. The number of rotatable bonds is 4. The molecular formula is C22H15O2. The van der Waals surface area contributed by atoms with E-state index in [4.69, 9.17) is 9.47 Å². The van der Waals surface area contributed by atoms with E-state index in [9.17, 15) is 0 Å². The van der Waals surface area contributed by atoms with Crippen LogP contribution >= 0.6 is 0 Å². The Kier molecular flexibility index (Phi) is 3.86. The second-order valence-electron chi connectivity index (χ2n) is 5.38. The summed E-state index contributed by atoms with van der Waals surface area (Å²) in [6, 6.07) is 32.7. The zero-order valence-electron chi connectivity index (χ0n) is 13.0. The first-order chi connectivity index (χ1) is 11.9. The standard InChI is InChI=1S/C22H15O2/c1-3-10-18(11-4-1)23-20-15-17-9-7-8-14-21(17)22(16-20)24-19-12-5-2-6-13-19/h1-15H. The van der Waals surface area contributed by atoms with Gasteiger partial charge in [0, 0.05) is 5.39 Å². The number of hydrogen-bond donors (Lipinski definition) is 0. The molecule has 4 aromatic carbocycles. The van der Waals surface area contributed by atoms with Gasteiger partial charge in [-0.2, -0.15) is 0 Å². The topological polar surface area (TPSA) is 18.5 Å². The van der Waals surface area contributed by atoms with E-state index in [0.29, 0.717) is 11.5 Å². The van der Waals surface area contributed by atoms with Crippen molar-refractivity contribution < 1.29 is 9.47 Å². The lowest BCUT2D eigenvalue weighted by Gasteiger charge is -2.12. The Bertz CT molecular complexity index is 947. The second kappa shape index (κ2) is 6.47. The predicted molar refractivity (Wildman–Crippen MR) is 95.8 cm³/mol. The van der Waals surface area contributed by atoms with Gasteiger partial charge < -0.3 is 9.47 Å². The smallest absolute Gasteiger partial charge is 0.147 e. The highest BCUT2D eigenvalue weighted by molar-refractivity contribution is 5.89. The molecule has 0 saturated carbocycles. The molecule has 0 amide bonds. The third kappa shape index (κ3) is 3.08. The Morgan fingerprint density at radius 2 is 1.17 bits per heavy atom. The van der Waals surface area contributed by atoms with Crippen LogP contribution in [0.2, 0.25) is 0 Å². The summed E-state index contributed by atoms with van der Waals surface area (Å²) in [5.41, 5.74) is 0. The predicted octanol–water partition coefficient (Wildman–Crippen LogP) is 6.22. The molecule has 0 saturated heterocycles. The molecule has 0 unspecified atom stereocenters. The Morgan fingerprint density at radius 3 is 1.88 bits per heavy atom. The van der Waals surface area contributed by atoms with Gasteiger partial charge in [0.2, 0.25) is 0 Å². The molecule has 0 aliphatic rings. The average Bonchev–Trinajstić information content (AvgIpc) is 2.63. The fraction of sp³-hybridized carbons (Fsp3) is 0. The van der Waals surface area contributed by atoms with Gasteiger partial charge in [0.25, 0.3) is 0 Å². The molecule has 2 nitrogen and oxygen atoms in total. The number of benzene rings is 4. The average molecular weight is 311 g/mol. The van der Waals surface area contributed by atoms with Crippen LogP contribution in [0.4, 0.5) is 0 Å². The zero-order chi connectivity index (χ0) is 16.2. The summed E-state index contributed by atoms with van der Waals surface area (Å²) in [5.74, 6) is 2.83. The van der Waals surface area contributed by atoms with Crippen LogP contribution in [0.15, 0.2) is 91.0 Å². The number of ether oxygens (including phenoxy) is 2. The largest absolute Gasteiger partial charge is 0.457 e. The van der Waals surface area contributed by atoms with Gasteiger partial charge in [-0.05, 0) is 35.7 Å². The van der Waals surface area contributed by atoms with Crippen molar-refractivity contribution in [2.24, 2.45) is 0 Å². The van der Waals surface area contributed by atoms with Crippen LogP contribution in [0.25, 0.3) is 10.8 Å². The SMILES string of the molecule is [c]1c(Oc2ccccc2)cc2ccccc2c1Oc1ccccc1. The summed E-state index contributed by atoms with van der Waals surface area (Å²) in [4.78, 5) is 0. The lowest BCUT2D eigenvalue weighted by Crippen LogP contribution is -1.90. The van der Waals surface area contributed by atoms with Crippen LogP contribution in [0.3, 0.4) is 0 Å². The second-order valence-corrected chi connectivity index (χ2v) is 5.38. The van der Waals surface area contributed by atoms with E-state index < -0.39 is 0 Å². The van der Waals surface area contributed by atoms with Gasteiger partial charge >= 0.3 is 0 Å². The van der Waals surface area contributed by atoms with Crippen LogP contribution < -0.4 is 9.47 Å². The third-order valence-electron chi connectivity index (χ3n) is 3.66. The first-order valence-electron chi connectivity index (χ1n) is 7.79.